The number of rotatable bonds is 13. The van der Waals surface area contributed by atoms with Crippen molar-refractivity contribution in [3.8, 4) is 0 Å². The van der Waals surface area contributed by atoms with E-state index in [1.54, 1.807) is 0 Å². The number of carbonyl (C=O) groups excluding carboxylic acids is 1. The summed E-state index contributed by atoms with van der Waals surface area (Å²) in [6, 6.07) is -1.69. The number of hydrogen-bond donors (Lipinski definition) is 4. The van der Waals surface area contributed by atoms with Crippen molar-refractivity contribution in [2.24, 2.45) is 17.2 Å². The summed E-state index contributed by atoms with van der Waals surface area (Å²) in [5, 5.41) is 8.93. The molecule has 1 unspecified atom stereocenters. The number of unbranched alkanes of at least 4 members (excludes halogenated alkanes) is 4. The molecule has 0 radical (unpaired) electrons. The van der Waals surface area contributed by atoms with E-state index in [0.29, 0.717) is 19.5 Å². The monoisotopic (exact) mass is 316 g/mol. The van der Waals surface area contributed by atoms with Gasteiger partial charge in [0.05, 0.1) is 6.04 Å². The Kier molecular flexibility index (Phi) is 11.7. The van der Waals surface area contributed by atoms with E-state index < -0.39 is 18.1 Å². The van der Waals surface area contributed by atoms with Gasteiger partial charge < -0.3 is 27.2 Å². The lowest BCUT2D eigenvalue weighted by Gasteiger charge is -2.27. The van der Waals surface area contributed by atoms with E-state index in [-0.39, 0.29) is 12.5 Å². The molecule has 7 heteroatoms. The highest BCUT2D eigenvalue weighted by Crippen LogP contribution is 2.07. The van der Waals surface area contributed by atoms with Crippen molar-refractivity contribution >= 4 is 11.9 Å². The Morgan fingerprint density at radius 3 is 2.27 bits per heavy atom. The van der Waals surface area contributed by atoms with Crippen molar-refractivity contribution in [1.29, 1.82) is 0 Å². The van der Waals surface area contributed by atoms with Gasteiger partial charge in [0.2, 0.25) is 5.91 Å². The van der Waals surface area contributed by atoms with Gasteiger partial charge in [-0.3, -0.25) is 9.59 Å². The van der Waals surface area contributed by atoms with Crippen LogP contribution in [0.2, 0.25) is 0 Å². The van der Waals surface area contributed by atoms with E-state index in [1.165, 1.54) is 4.90 Å². The second kappa shape index (κ2) is 12.4. The highest BCUT2D eigenvalue weighted by molar-refractivity contribution is 5.82. The summed E-state index contributed by atoms with van der Waals surface area (Å²) in [7, 11) is 0. The number of aliphatic carboxylic acids is 1. The lowest BCUT2D eigenvalue weighted by Crippen LogP contribution is -2.50. The molecular weight excluding hydrogens is 284 g/mol. The van der Waals surface area contributed by atoms with Gasteiger partial charge in [0.1, 0.15) is 6.04 Å². The van der Waals surface area contributed by atoms with Crippen LogP contribution in [0.15, 0.2) is 0 Å². The molecule has 0 aliphatic heterocycles. The molecule has 130 valence electrons. The molecule has 0 aliphatic carbocycles. The molecule has 0 aromatic rings. The zero-order chi connectivity index (χ0) is 17.0. The molecule has 0 spiro atoms. The molecule has 0 heterocycles. The van der Waals surface area contributed by atoms with E-state index in [9.17, 15) is 9.59 Å². The van der Waals surface area contributed by atoms with Crippen LogP contribution in [-0.2, 0) is 9.59 Å². The minimum absolute atomic E-state index is 0.00484. The highest BCUT2D eigenvalue weighted by atomic mass is 16.4. The maximum absolute atomic E-state index is 12.4. The van der Waals surface area contributed by atoms with Crippen molar-refractivity contribution in [2.45, 2.75) is 64.0 Å². The van der Waals surface area contributed by atoms with Crippen molar-refractivity contribution in [3.05, 3.63) is 0 Å². The van der Waals surface area contributed by atoms with Gasteiger partial charge in [-0.2, -0.15) is 0 Å². The molecule has 7 nitrogen and oxygen atoms in total. The largest absolute Gasteiger partial charge is 0.480 e. The van der Waals surface area contributed by atoms with Crippen LogP contribution in [0.25, 0.3) is 0 Å². The average Bonchev–Trinajstić information content (AvgIpc) is 2.49. The van der Waals surface area contributed by atoms with Crippen LogP contribution in [0.4, 0.5) is 0 Å². The molecule has 0 aromatic carbocycles. The van der Waals surface area contributed by atoms with E-state index in [2.05, 4.69) is 6.92 Å². The Balaban J connectivity index is 4.51. The summed E-state index contributed by atoms with van der Waals surface area (Å²) in [6.07, 6.45) is 6.21. The topological polar surface area (TPSA) is 136 Å². The summed E-state index contributed by atoms with van der Waals surface area (Å²) < 4.78 is 0. The lowest BCUT2D eigenvalue weighted by atomic mass is 10.1. The van der Waals surface area contributed by atoms with E-state index >= 15 is 0 Å². The molecule has 0 saturated carbocycles. The average molecular weight is 316 g/mol. The van der Waals surface area contributed by atoms with Gasteiger partial charge in [-0.05, 0) is 25.8 Å². The molecule has 22 heavy (non-hydrogen) atoms. The first-order chi connectivity index (χ1) is 10.4. The molecule has 0 aromatic heterocycles. The zero-order valence-electron chi connectivity index (χ0n) is 13.7. The van der Waals surface area contributed by atoms with E-state index in [0.717, 1.165) is 38.5 Å². The zero-order valence-corrected chi connectivity index (χ0v) is 13.7. The predicted octanol–water partition coefficient (Wildman–Crippen LogP) is 0.264. The fourth-order valence-corrected chi connectivity index (χ4v) is 2.20. The summed E-state index contributed by atoms with van der Waals surface area (Å²) in [4.78, 5) is 24.8. The van der Waals surface area contributed by atoms with Gasteiger partial charge in [0, 0.05) is 13.1 Å². The fourth-order valence-electron chi connectivity index (χ4n) is 2.20. The van der Waals surface area contributed by atoms with E-state index in [1.807, 2.05) is 0 Å². The minimum Gasteiger partial charge on any atom is -0.480 e. The molecule has 0 rings (SSSR count). The quantitative estimate of drug-likeness (QED) is 0.360. The van der Waals surface area contributed by atoms with Gasteiger partial charge in [0.25, 0.3) is 0 Å². The first kappa shape index (κ1) is 20.8. The molecule has 1 amide bonds. The third-order valence-corrected chi connectivity index (χ3v) is 3.61. The van der Waals surface area contributed by atoms with Crippen molar-refractivity contribution in [1.82, 2.24) is 4.90 Å². The van der Waals surface area contributed by atoms with Gasteiger partial charge in [-0.15, -0.1) is 0 Å². The summed E-state index contributed by atoms with van der Waals surface area (Å²) in [5.74, 6) is -1.33. The molecule has 0 bridgehead atoms. The highest BCUT2D eigenvalue weighted by Gasteiger charge is 2.24. The Hall–Kier alpha value is -1.18. The van der Waals surface area contributed by atoms with Crippen molar-refractivity contribution in [2.75, 3.05) is 19.6 Å². The molecule has 0 aliphatic rings. The van der Waals surface area contributed by atoms with Crippen LogP contribution in [0.5, 0.6) is 0 Å². The second-order valence-electron chi connectivity index (χ2n) is 5.68. The Morgan fingerprint density at radius 1 is 1.05 bits per heavy atom. The summed E-state index contributed by atoms with van der Waals surface area (Å²) in [6.45, 7) is 3.19. The van der Waals surface area contributed by atoms with Crippen LogP contribution in [0.1, 0.15) is 51.9 Å². The third kappa shape index (κ3) is 8.96. The van der Waals surface area contributed by atoms with Crippen molar-refractivity contribution in [3.63, 3.8) is 0 Å². The maximum Gasteiger partial charge on any atom is 0.322 e. The van der Waals surface area contributed by atoms with Crippen LogP contribution in [0, 0.1) is 0 Å². The number of hydrogen-bond acceptors (Lipinski definition) is 5. The molecule has 0 saturated heterocycles. The molecule has 0 fully saturated rings. The third-order valence-electron chi connectivity index (χ3n) is 3.61. The first-order valence-electron chi connectivity index (χ1n) is 8.16. The van der Waals surface area contributed by atoms with Gasteiger partial charge in [0.15, 0.2) is 0 Å². The Morgan fingerprint density at radius 2 is 1.73 bits per heavy atom. The normalized spacial score (nSPS) is 13.6. The summed E-state index contributed by atoms with van der Waals surface area (Å²) >= 11 is 0. The fraction of sp³-hybridized carbons (Fsp3) is 0.867. The minimum atomic E-state index is -1.11. The molecule has 2 atom stereocenters. The Labute approximate surface area is 133 Å². The number of nitrogens with two attached hydrogens (primary N) is 3. The smallest absolute Gasteiger partial charge is 0.322 e. The maximum atomic E-state index is 12.4. The van der Waals surface area contributed by atoms with Crippen LogP contribution >= 0.6 is 0 Å². The summed E-state index contributed by atoms with van der Waals surface area (Å²) in [5.41, 5.74) is 16.9. The van der Waals surface area contributed by atoms with Crippen molar-refractivity contribution < 1.29 is 14.7 Å². The molecular formula is C15H32N4O3. The number of carbonyl (C=O) groups is 2. The van der Waals surface area contributed by atoms with E-state index in [4.69, 9.17) is 22.3 Å². The lowest BCUT2D eigenvalue weighted by molar-refractivity contribution is -0.140. The number of amides is 1. The second-order valence-corrected chi connectivity index (χ2v) is 5.68. The number of carboxylic acid groups (broad SMARTS) is 1. The van der Waals surface area contributed by atoms with Gasteiger partial charge >= 0.3 is 5.97 Å². The SMILES string of the molecule is CCCCCCN(C[C@H](N)C(=O)O)C(=O)C(N)CCCCN. The first-order valence-corrected chi connectivity index (χ1v) is 8.16. The Bertz CT molecular complexity index is 326. The predicted molar refractivity (Wildman–Crippen MR) is 87.2 cm³/mol. The number of carboxylic acids is 1. The number of nitrogens with zero attached hydrogens (tertiary/aromatic N) is 1. The van der Waals surface area contributed by atoms with Crippen LogP contribution in [-0.4, -0.2) is 53.6 Å². The standard InChI is InChI=1S/C15H32N4O3/c1-2-3-4-7-10-19(11-13(18)15(21)22)14(20)12(17)8-5-6-9-16/h12-13H,2-11,16-18H2,1H3,(H,21,22)/t12?,13-/m0/s1. The van der Waals surface area contributed by atoms with Crippen LogP contribution < -0.4 is 17.2 Å². The van der Waals surface area contributed by atoms with Gasteiger partial charge in [-0.25, -0.2) is 0 Å². The van der Waals surface area contributed by atoms with Crippen LogP contribution in [0.3, 0.4) is 0 Å². The molecule has 7 N–H and O–H groups in total. The van der Waals surface area contributed by atoms with Gasteiger partial charge in [-0.1, -0.05) is 32.6 Å².